The molecular weight excluding hydrogens is 325 g/mol. The van der Waals surface area contributed by atoms with E-state index in [1.807, 2.05) is 41.0 Å². The van der Waals surface area contributed by atoms with E-state index in [2.05, 4.69) is 15.3 Å². The number of thiazole rings is 1. The van der Waals surface area contributed by atoms with Gasteiger partial charge in [-0.05, 0) is 24.6 Å². The van der Waals surface area contributed by atoms with Crippen LogP contribution in [0, 0.1) is 5.82 Å². The number of benzene rings is 1. The molecule has 3 rings (SSSR count). The number of nitrogens with one attached hydrogen (secondary N) is 1. The van der Waals surface area contributed by atoms with Crippen molar-refractivity contribution in [3.63, 3.8) is 0 Å². The molecule has 0 spiro atoms. The van der Waals surface area contributed by atoms with Gasteiger partial charge >= 0.3 is 0 Å². The van der Waals surface area contributed by atoms with E-state index >= 15 is 0 Å². The third kappa shape index (κ3) is 3.91. The summed E-state index contributed by atoms with van der Waals surface area (Å²) in [6, 6.07) is 6.54. The van der Waals surface area contributed by atoms with E-state index in [0.29, 0.717) is 13.1 Å². The number of rotatable bonds is 5. The summed E-state index contributed by atoms with van der Waals surface area (Å²) in [5.41, 5.74) is 1.97. The lowest BCUT2D eigenvalue weighted by Crippen LogP contribution is -2.38. The van der Waals surface area contributed by atoms with Gasteiger partial charge in [-0.3, -0.25) is 4.40 Å². The Bertz CT molecular complexity index is 792. The van der Waals surface area contributed by atoms with E-state index in [-0.39, 0.29) is 5.82 Å². The van der Waals surface area contributed by atoms with Gasteiger partial charge in [0.25, 0.3) is 0 Å². The van der Waals surface area contributed by atoms with E-state index in [0.717, 1.165) is 28.7 Å². The Labute approximate surface area is 144 Å². The van der Waals surface area contributed by atoms with Crippen LogP contribution >= 0.6 is 11.3 Å². The summed E-state index contributed by atoms with van der Waals surface area (Å²) < 4.78 is 15.0. The number of aromatic nitrogens is 2. The minimum Gasteiger partial charge on any atom is -0.357 e. The fourth-order valence-electron chi connectivity index (χ4n) is 2.42. The second kappa shape index (κ2) is 7.44. The Morgan fingerprint density at radius 3 is 2.88 bits per heavy atom. The van der Waals surface area contributed by atoms with Gasteiger partial charge in [0, 0.05) is 37.9 Å². The molecule has 0 fully saturated rings. The molecule has 7 heteroatoms. The summed E-state index contributed by atoms with van der Waals surface area (Å²) in [5.74, 6) is 0.583. The Hall–Kier alpha value is -2.41. The molecule has 0 aliphatic rings. The Balaban J connectivity index is 1.69. The first-order chi connectivity index (χ1) is 11.7. The molecular formula is C17H20FN5S. The van der Waals surface area contributed by atoms with Gasteiger partial charge in [0.05, 0.1) is 12.2 Å². The molecule has 24 heavy (non-hydrogen) atoms. The molecule has 1 N–H and O–H groups in total. The van der Waals surface area contributed by atoms with Crippen molar-refractivity contribution in [2.24, 2.45) is 4.99 Å². The van der Waals surface area contributed by atoms with Gasteiger partial charge in [-0.2, -0.15) is 0 Å². The van der Waals surface area contributed by atoms with Crippen molar-refractivity contribution in [1.82, 2.24) is 19.6 Å². The van der Waals surface area contributed by atoms with Gasteiger partial charge in [0.2, 0.25) is 0 Å². The second-order valence-electron chi connectivity index (χ2n) is 5.48. The maximum Gasteiger partial charge on any atom is 0.194 e. The first kappa shape index (κ1) is 16.4. The number of halogens is 1. The number of imidazole rings is 1. The van der Waals surface area contributed by atoms with Crippen molar-refractivity contribution < 1.29 is 4.39 Å². The number of hydrogen-bond acceptors (Lipinski definition) is 3. The van der Waals surface area contributed by atoms with Gasteiger partial charge in [0.15, 0.2) is 10.9 Å². The number of guanidine groups is 1. The molecule has 0 bridgehead atoms. The topological polar surface area (TPSA) is 44.9 Å². The van der Waals surface area contributed by atoms with Crippen LogP contribution in [0.5, 0.6) is 0 Å². The molecule has 5 nitrogen and oxygen atoms in total. The Morgan fingerprint density at radius 1 is 1.38 bits per heavy atom. The highest BCUT2D eigenvalue weighted by Gasteiger charge is 2.08. The summed E-state index contributed by atoms with van der Waals surface area (Å²) in [5, 5.41) is 5.29. The molecule has 0 radical (unpaired) electrons. The van der Waals surface area contributed by atoms with Crippen LogP contribution in [0.15, 0.2) is 47.0 Å². The lowest BCUT2D eigenvalue weighted by Gasteiger charge is -2.22. The maximum atomic E-state index is 13.0. The highest BCUT2D eigenvalue weighted by atomic mass is 32.1. The second-order valence-corrected chi connectivity index (χ2v) is 6.35. The van der Waals surface area contributed by atoms with Crippen molar-refractivity contribution in [3.8, 4) is 0 Å². The van der Waals surface area contributed by atoms with E-state index in [9.17, 15) is 4.39 Å². The average molecular weight is 345 g/mol. The summed E-state index contributed by atoms with van der Waals surface area (Å²) in [6.07, 6.45) is 3.99. The molecule has 2 heterocycles. The normalized spacial score (nSPS) is 11.9. The molecule has 0 saturated heterocycles. The predicted molar refractivity (Wildman–Crippen MR) is 95.8 cm³/mol. The zero-order valence-electron chi connectivity index (χ0n) is 13.7. The van der Waals surface area contributed by atoms with Crippen LogP contribution < -0.4 is 5.32 Å². The molecule has 126 valence electrons. The predicted octanol–water partition coefficient (Wildman–Crippen LogP) is 3.13. The fraction of sp³-hybridized carbons (Fsp3) is 0.294. The number of nitrogens with zero attached hydrogens (tertiary/aromatic N) is 4. The molecule has 0 atom stereocenters. The van der Waals surface area contributed by atoms with Crippen molar-refractivity contribution in [3.05, 3.63) is 59.1 Å². The van der Waals surface area contributed by atoms with Crippen molar-refractivity contribution in [2.75, 3.05) is 13.6 Å². The number of fused-ring (bicyclic) bond motifs is 1. The minimum absolute atomic E-state index is 0.221. The SMILES string of the molecule is CCNC(=NCc1cn2ccsc2n1)N(C)Cc1ccc(F)cc1. The quantitative estimate of drug-likeness (QED) is 0.571. The van der Waals surface area contributed by atoms with Crippen LogP contribution in [0.1, 0.15) is 18.2 Å². The molecule has 0 unspecified atom stereocenters. The molecule has 0 aliphatic heterocycles. The maximum absolute atomic E-state index is 13.0. The van der Waals surface area contributed by atoms with Gasteiger partial charge in [-0.25, -0.2) is 14.4 Å². The van der Waals surface area contributed by atoms with Gasteiger partial charge < -0.3 is 10.2 Å². The Kier molecular flexibility index (Phi) is 5.10. The van der Waals surface area contributed by atoms with Crippen LogP contribution in [0.2, 0.25) is 0 Å². The van der Waals surface area contributed by atoms with Crippen LogP contribution in [-0.2, 0) is 13.1 Å². The molecule has 0 amide bonds. The van der Waals surface area contributed by atoms with E-state index in [1.165, 1.54) is 12.1 Å². The van der Waals surface area contributed by atoms with Crippen LogP contribution in [0.4, 0.5) is 4.39 Å². The summed E-state index contributed by atoms with van der Waals surface area (Å²) >= 11 is 1.61. The number of hydrogen-bond donors (Lipinski definition) is 1. The van der Waals surface area contributed by atoms with Crippen molar-refractivity contribution >= 4 is 22.3 Å². The lowest BCUT2D eigenvalue weighted by atomic mass is 10.2. The van der Waals surface area contributed by atoms with Gasteiger partial charge in [-0.1, -0.05) is 12.1 Å². The third-order valence-electron chi connectivity index (χ3n) is 3.56. The summed E-state index contributed by atoms with van der Waals surface area (Å²) in [6.45, 7) is 3.99. The standard InChI is InChI=1S/C17H20FN5S/c1-3-19-16(22(2)11-13-4-6-14(18)7-5-13)20-10-15-12-23-8-9-24-17(23)21-15/h4-9,12H,3,10-11H2,1-2H3,(H,19,20). The van der Waals surface area contributed by atoms with Gasteiger partial charge in [-0.15, -0.1) is 11.3 Å². The molecule has 1 aromatic carbocycles. The van der Waals surface area contributed by atoms with Crippen LogP contribution in [-0.4, -0.2) is 33.8 Å². The first-order valence-electron chi connectivity index (χ1n) is 7.80. The van der Waals surface area contributed by atoms with E-state index in [4.69, 9.17) is 0 Å². The summed E-state index contributed by atoms with van der Waals surface area (Å²) in [7, 11) is 1.97. The lowest BCUT2D eigenvalue weighted by molar-refractivity contribution is 0.476. The van der Waals surface area contributed by atoms with Crippen LogP contribution in [0.25, 0.3) is 4.96 Å². The zero-order chi connectivity index (χ0) is 16.9. The number of aliphatic imine (C=N–C) groups is 1. The molecule has 0 aliphatic carbocycles. The highest BCUT2D eigenvalue weighted by molar-refractivity contribution is 7.15. The largest absolute Gasteiger partial charge is 0.357 e. The smallest absolute Gasteiger partial charge is 0.194 e. The molecule has 2 aromatic heterocycles. The van der Waals surface area contributed by atoms with E-state index < -0.39 is 0 Å². The van der Waals surface area contributed by atoms with Crippen LogP contribution in [0.3, 0.4) is 0 Å². The Morgan fingerprint density at radius 2 is 2.17 bits per heavy atom. The average Bonchev–Trinajstić information content (AvgIpc) is 3.15. The first-order valence-corrected chi connectivity index (χ1v) is 8.68. The third-order valence-corrected chi connectivity index (χ3v) is 4.33. The summed E-state index contributed by atoms with van der Waals surface area (Å²) in [4.78, 5) is 12.2. The van der Waals surface area contributed by atoms with E-state index in [1.54, 1.807) is 23.5 Å². The molecule has 0 saturated carbocycles. The monoisotopic (exact) mass is 345 g/mol. The molecule has 3 aromatic rings. The fourth-order valence-corrected chi connectivity index (χ4v) is 3.14. The van der Waals surface area contributed by atoms with Crippen molar-refractivity contribution in [2.45, 2.75) is 20.0 Å². The van der Waals surface area contributed by atoms with Gasteiger partial charge in [0.1, 0.15) is 5.82 Å². The van der Waals surface area contributed by atoms with Crippen molar-refractivity contribution in [1.29, 1.82) is 0 Å². The minimum atomic E-state index is -0.221. The highest BCUT2D eigenvalue weighted by Crippen LogP contribution is 2.12. The zero-order valence-corrected chi connectivity index (χ0v) is 14.6.